The quantitative estimate of drug-likeness (QED) is 0.345. The molecule has 2 aliphatic rings. The summed E-state index contributed by atoms with van der Waals surface area (Å²) in [4.78, 5) is 2.49. The van der Waals surface area contributed by atoms with Gasteiger partial charge in [0.25, 0.3) is 0 Å². The highest BCUT2D eigenvalue weighted by Gasteiger charge is 2.33. The van der Waals surface area contributed by atoms with E-state index in [1.54, 1.807) is 0 Å². The normalized spacial score (nSPS) is 28.7. The van der Waals surface area contributed by atoms with E-state index in [0.29, 0.717) is 11.9 Å². The Hall–Kier alpha value is -0.810. The summed E-state index contributed by atoms with van der Waals surface area (Å²) in [6.07, 6.45) is 7.32. The largest absolute Gasteiger partial charge is 0.409 e. The number of nitrogens with zero attached hydrogens (tertiary/aromatic N) is 2. The summed E-state index contributed by atoms with van der Waals surface area (Å²) in [7, 11) is 0. The smallest absolute Gasteiger partial charge is 0.145 e. The number of piperidine rings is 1. The van der Waals surface area contributed by atoms with Gasteiger partial charge < -0.3 is 20.6 Å². The van der Waals surface area contributed by atoms with Crippen molar-refractivity contribution in [1.82, 2.24) is 4.90 Å². The molecule has 0 aromatic rings. The third kappa shape index (κ3) is 3.83. The van der Waals surface area contributed by atoms with E-state index in [1.807, 2.05) is 0 Å². The van der Waals surface area contributed by atoms with Gasteiger partial charge in [-0.2, -0.15) is 0 Å². The second-order valence-corrected chi connectivity index (χ2v) is 6.16. The van der Waals surface area contributed by atoms with Crippen molar-refractivity contribution in [2.24, 2.45) is 16.3 Å². The Morgan fingerprint density at radius 3 is 2.79 bits per heavy atom. The van der Waals surface area contributed by atoms with Crippen molar-refractivity contribution in [3.8, 4) is 0 Å². The van der Waals surface area contributed by atoms with Gasteiger partial charge in [-0.1, -0.05) is 12.1 Å². The monoisotopic (exact) mass is 269 g/mol. The van der Waals surface area contributed by atoms with Crippen LogP contribution in [-0.4, -0.2) is 48.3 Å². The number of rotatable bonds is 5. The summed E-state index contributed by atoms with van der Waals surface area (Å²) in [5.74, 6) is 0.381. The maximum atomic E-state index is 8.82. The zero-order chi connectivity index (χ0) is 13.7. The molecule has 2 heterocycles. The third-order valence-electron chi connectivity index (χ3n) is 4.71. The minimum absolute atomic E-state index is 0.125. The molecule has 19 heavy (non-hydrogen) atoms. The number of amidine groups is 1. The van der Waals surface area contributed by atoms with E-state index in [1.165, 1.54) is 25.7 Å². The van der Waals surface area contributed by atoms with Crippen molar-refractivity contribution in [2.75, 3.05) is 26.2 Å². The van der Waals surface area contributed by atoms with E-state index in [0.717, 1.165) is 39.1 Å². The molecule has 0 radical (unpaired) electrons. The summed E-state index contributed by atoms with van der Waals surface area (Å²) in [6, 6.07) is 0. The fourth-order valence-electron chi connectivity index (χ4n) is 3.06. The standard InChI is InChI=1S/C14H27N3O2/c1-14(13(15)16-18)6-9-17(10-7-14)8-2-4-12-5-3-11-19-12/h12,18H,2-11H2,1H3,(H2,15,16). The summed E-state index contributed by atoms with van der Waals surface area (Å²) in [5.41, 5.74) is 5.65. The molecule has 0 spiro atoms. The maximum absolute atomic E-state index is 8.82. The summed E-state index contributed by atoms with van der Waals surface area (Å²) in [6.45, 7) is 6.26. The minimum atomic E-state index is -0.125. The molecule has 0 aromatic heterocycles. The molecular weight excluding hydrogens is 242 g/mol. The Balaban J connectivity index is 1.65. The van der Waals surface area contributed by atoms with Crippen LogP contribution in [0.1, 0.15) is 45.4 Å². The summed E-state index contributed by atoms with van der Waals surface area (Å²) in [5, 5.41) is 12.0. The number of ether oxygens (including phenoxy) is 1. The highest BCUT2D eigenvalue weighted by Crippen LogP contribution is 2.31. The Bertz CT molecular complexity index is 306. The second kappa shape index (κ2) is 6.57. The Morgan fingerprint density at radius 2 is 2.21 bits per heavy atom. The van der Waals surface area contributed by atoms with Crippen LogP contribution in [0.25, 0.3) is 0 Å². The fraction of sp³-hybridized carbons (Fsp3) is 0.929. The van der Waals surface area contributed by atoms with E-state index in [4.69, 9.17) is 15.7 Å². The number of hydrogen-bond donors (Lipinski definition) is 2. The maximum Gasteiger partial charge on any atom is 0.145 e. The van der Waals surface area contributed by atoms with Crippen LogP contribution in [0.5, 0.6) is 0 Å². The van der Waals surface area contributed by atoms with Crippen LogP contribution in [0.15, 0.2) is 5.16 Å². The molecule has 2 aliphatic heterocycles. The van der Waals surface area contributed by atoms with Crippen molar-refractivity contribution < 1.29 is 9.94 Å². The first kappa shape index (κ1) is 14.6. The lowest BCUT2D eigenvalue weighted by Crippen LogP contribution is -2.45. The molecule has 1 atom stereocenters. The van der Waals surface area contributed by atoms with Gasteiger partial charge in [0.2, 0.25) is 0 Å². The Morgan fingerprint density at radius 1 is 1.47 bits per heavy atom. The minimum Gasteiger partial charge on any atom is -0.409 e. The molecule has 0 amide bonds. The molecule has 5 nitrogen and oxygen atoms in total. The number of likely N-dealkylation sites (tertiary alicyclic amines) is 1. The average molecular weight is 269 g/mol. The van der Waals surface area contributed by atoms with Gasteiger partial charge in [-0.15, -0.1) is 0 Å². The van der Waals surface area contributed by atoms with Gasteiger partial charge >= 0.3 is 0 Å². The van der Waals surface area contributed by atoms with Crippen LogP contribution >= 0.6 is 0 Å². The number of nitrogens with two attached hydrogens (primary N) is 1. The van der Waals surface area contributed by atoms with Gasteiger partial charge in [0, 0.05) is 12.0 Å². The number of oxime groups is 1. The predicted octanol–water partition coefficient (Wildman–Crippen LogP) is 1.79. The lowest BCUT2D eigenvalue weighted by Gasteiger charge is -2.38. The summed E-state index contributed by atoms with van der Waals surface area (Å²) < 4.78 is 5.64. The van der Waals surface area contributed by atoms with Crippen LogP contribution in [0, 0.1) is 5.41 Å². The van der Waals surface area contributed by atoms with Crippen molar-refractivity contribution in [3.63, 3.8) is 0 Å². The van der Waals surface area contributed by atoms with E-state index in [-0.39, 0.29) is 5.41 Å². The van der Waals surface area contributed by atoms with E-state index >= 15 is 0 Å². The Kier molecular flexibility index (Phi) is 5.05. The molecule has 0 saturated carbocycles. The van der Waals surface area contributed by atoms with Crippen LogP contribution in [-0.2, 0) is 4.74 Å². The van der Waals surface area contributed by atoms with Gasteiger partial charge in [0.05, 0.1) is 6.10 Å². The zero-order valence-corrected chi connectivity index (χ0v) is 12.0. The molecule has 2 rings (SSSR count). The first-order valence-corrected chi connectivity index (χ1v) is 7.46. The molecule has 0 aromatic carbocycles. The Labute approximate surface area is 115 Å². The molecular formula is C14H27N3O2. The van der Waals surface area contributed by atoms with Gasteiger partial charge in [-0.05, 0) is 58.2 Å². The highest BCUT2D eigenvalue weighted by atomic mass is 16.5. The van der Waals surface area contributed by atoms with Crippen LogP contribution in [0.3, 0.4) is 0 Å². The molecule has 110 valence electrons. The van der Waals surface area contributed by atoms with Gasteiger partial charge in [-0.3, -0.25) is 0 Å². The van der Waals surface area contributed by atoms with E-state index in [2.05, 4.69) is 17.0 Å². The fourth-order valence-corrected chi connectivity index (χ4v) is 3.06. The molecule has 0 bridgehead atoms. The van der Waals surface area contributed by atoms with Gasteiger partial charge in [0.15, 0.2) is 0 Å². The third-order valence-corrected chi connectivity index (χ3v) is 4.71. The lowest BCUT2D eigenvalue weighted by molar-refractivity contribution is 0.0944. The summed E-state index contributed by atoms with van der Waals surface area (Å²) >= 11 is 0. The van der Waals surface area contributed by atoms with Crippen molar-refractivity contribution in [3.05, 3.63) is 0 Å². The van der Waals surface area contributed by atoms with Crippen LogP contribution in [0.4, 0.5) is 0 Å². The lowest BCUT2D eigenvalue weighted by atomic mass is 9.79. The zero-order valence-electron chi connectivity index (χ0n) is 12.0. The number of hydrogen-bond acceptors (Lipinski definition) is 4. The molecule has 1 unspecified atom stereocenters. The molecule has 2 fully saturated rings. The van der Waals surface area contributed by atoms with Crippen LogP contribution in [0.2, 0.25) is 0 Å². The predicted molar refractivity (Wildman–Crippen MR) is 75.4 cm³/mol. The molecule has 0 aliphatic carbocycles. The highest BCUT2D eigenvalue weighted by molar-refractivity contribution is 5.85. The van der Waals surface area contributed by atoms with E-state index in [9.17, 15) is 0 Å². The second-order valence-electron chi connectivity index (χ2n) is 6.16. The van der Waals surface area contributed by atoms with Gasteiger partial charge in [-0.25, -0.2) is 0 Å². The van der Waals surface area contributed by atoms with Crippen molar-refractivity contribution >= 4 is 5.84 Å². The van der Waals surface area contributed by atoms with Crippen LogP contribution < -0.4 is 5.73 Å². The molecule has 5 heteroatoms. The van der Waals surface area contributed by atoms with Crippen molar-refractivity contribution in [2.45, 2.75) is 51.6 Å². The van der Waals surface area contributed by atoms with Gasteiger partial charge in [0.1, 0.15) is 5.84 Å². The average Bonchev–Trinajstić information content (AvgIpc) is 2.93. The van der Waals surface area contributed by atoms with Crippen molar-refractivity contribution in [1.29, 1.82) is 0 Å². The van der Waals surface area contributed by atoms with E-state index < -0.39 is 0 Å². The topological polar surface area (TPSA) is 71.1 Å². The first-order chi connectivity index (χ1) is 9.14. The SMILES string of the molecule is CC1(C(N)=NO)CCN(CCCC2CCCO2)CC1. The molecule has 3 N–H and O–H groups in total. The first-order valence-electron chi connectivity index (χ1n) is 7.46. The molecule has 2 saturated heterocycles.